The molecular formula is C14H11Cl3O2. The maximum absolute atomic E-state index is 9.47. The minimum atomic E-state index is -0.582. The molecule has 0 amide bonds. The normalized spacial score (nSPS) is 12.3. The SMILES string of the molecule is C[C@@H](O)c1ccc(Oc2cccc(Cl)c2Cl)c(Cl)c1. The van der Waals surface area contributed by atoms with E-state index in [-0.39, 0.29) is 0 Å². The Morgan fingerprint density at radius 3 is 2.37 bits per heavy atom. The van der Waals surface area contributed by atoms with Crippen LogP contribution in [0.15, 0.2) is 36.4 Å². The van der Waals surface area contributed by atoms with Gasteiger partial charge < -0.3 is 9.84 Å². The van der Waals surface area contributed by atoms with Crippen molar-refractivity contribution in [3.05, 3.63) is 57.0 Å². The summed E-state index contributed by atoms with van der Waals surface area (Å²) in [5, 5.41) is 10.6. The van der Waals surface area contributed by atoms with E-state index in [4.69, 9.17) is 39.5 Å². The molecule has 2 nitrogen and oxygen atoms in total. The fraction of sp³-hybridized carbons (Fsp3) is 0.143. The number of aliphatic hydroxyl groups is 1. The maximum Gasteiger partial charge on any atom is 0.147 e. The van der Waals surface area contributed by atoms with Crippen LogP contribution in [0.1, 0.15) is 18.6 Å². The van der Waals surface area contributed by atoms with E-state index in [9.17, 15) is 5.11 Å². The average Bonchev–Trinajstić information content (AvgIpc) is 2.37. The molecule has 0 aliphatic carbocycles. The van der Waals surface area contributed by atoms with Crippen molar-refractivity contribution in [3.8, 4) is 11.5 Å². The van der Waals surface area contributed by atoms with E-state index in [1.54, 1.807) is 43.3 Å². The van der Waals surface area contributed by atoms with Crippen LogP contribution >= 0.6 is 34.8 Å². The van der Waals surface area contributed by atoms with Crippen LogP contribution in [0.3, 0.4) is 0 Å². The molecule has 0 aromatic heterocycles. The Morgan fingerprint density at radius 1 is 1.00 bits per heavy atom. The highest BCUT2D eigenvalue weighted by atomic mass is 35.5. The first-order chi connectivity index (χ1) is 8.99. The largest absolute Gasteiger partial charge is 0.454 e. The summed E-state index contributed by atoms with van der Waals surface area (Å²) in [5.74, 6) is 0.885. The summed E-state index contributed by atoms with van der Waals surface area (Å²) in [7, 11) is 0. The van der Waals surface area contributed by atoms with Gasteiger partial charge >= 0.3 is 0 Å². The first-order valence-electron chi connectivity index (χ1n) is 5.58. The molecule has 19 heavy (non-hydrogen) atoms. The lowest BCUT2D eigenvalue weighted by atomic mass is 10.1. The Kier molecular flexibility index (Phi) is 4.58. The predicted octanol–water partition coefficient (Wildman–Crippen LogP) is 5.49. The van der Waals surface area contributed by atoms with Gasteiger partial charge in [-0.15, -0.1) is 0 Å². The van der Waals surface area contributed by atoms with Gasteiger partial charge in [-0.1, -0.05) is 46.9 Å². The van der Waals surface area contributed by atoms with Gasteiger partial charge in [0.15, 0.2) is 0 Å². The van der Waals surface area contributed by atoms with E-state index in [1.165, 1.54) is 0 Å². The fourth-order valence-corrected chi connectivity index (χ4v) is 2.10. The summed E-state index contributed by atoms with van der Waals surface area (Å²) in [6, 6.07) is 10.2. The summed E-state index contributed by atoms with van der Waals surface area (Å²) in [4.78, 5) is 0. The fourth-order valence-electron chi connectivity index (χ4n) is 1.54. The number of hydrogen-bond acceptors (Lipinski definition) is 2. The third-order valence-corrected chi connectivity index (χ3v) is 3.67. The monoisotopic (exact) mass is 316 g/mol. The van der Waals surface area contributed by atoms with Crippen molar-refractivity contribution < 1.29 is 9.84 Å². The lowest BCUT2D eigenvalue weighted by molar-refractivity contribution is 0.199. The topological polar surface area (TPSA) is 29.5 Å². The summed E-state index contributed by atoms with van der Waals surface area (Å²) < 4.78 is 5.63. The molecule has 0 bridgehead atoms. The molecule has 0 radical (unpaired) electrons. The van der Waals surface area contributed by atoms with E-state index in [2.05, 4.69) is 0 Å². The molecule has 2 aromatic carbocycles. The van der Waals surface area contributed by atoms with E-state index in [1.807, 2.05) is 0 Å². The molecule has 0 aliphatic heterocycles. The molecule has 100 valence electrons. The standard InChI is InChI=1S/C14H11Cl3O2/c1-8(18)9-5-6-12(11(16)7-9)19-13-4-2-3-10(15)14(13)17/h2-8,18H,1H3/t8-/m1/s1. The Hall–Kier alpha value is -0.930. The van der Waals surface area contributed by atoms with Crippen molar-refractivity contribution in [1.82, 2.24) is 0 Å². The molecule has 0 spiro atoms. The highest BCUT2D eigenvalue weighted by molar-refractivity contribution is 6.43. The van der Waals surface area contributed by atoms with Crippen LogP contribution in [0, 0.1) is 0 Å². The number of rotatable bonds is 3. The maximum atomic E-state index is 9.47. The summed E-state index contributed by atoms with van der Waals surface area (Å²) in [6.45, 7) is 1.67. The lowest BCUT2D eigenvalue weighted by Crippen LogP contribution is -1.92. The Balaban J connectivity index is 2.31. The van der Waals surface area contributed by atoms with E-state index in [0.717, 1.165) is 5.56 Å². The zero-order chi connectivity index (χ0) is 14.0. The van der Waals surface area contributed by atoms with Crippen molar-refractivity contribution in [2.24, 2.45) is 0 Å². The molecule has 0 fully saturated rings. The second-order valence-corrected chi connectivity index (χ2v) is 5.21. The zero-order valence-electron chi connectivity index (χ0n) is 10.0. The van der Waals surface area contributed by atoms with Gasteiger partial charge in [0.05, 0.1) is 16.1 Å². The molecule has 2 aromatic rings. The van der Waals surface area contributed by atoms with Crippen LogP contribution in [0.25, 0.3) is 0 Å². The summed E-state index contributed by atoms with van der Waals surface area (Å²) >= 11 is 18.0. The second kappa shape index (κ2) is 6.02. The number of ether oxygens (including phenoxy) is 1. The van der Waals surface area contributed by atoms with Gasteiger partial charge in [-0.25, -0.2) is 0 Å². The Morgan fingerprint density at radius 2 is 1.74 bits per heavy atom. The zero-order valence-corrected chi connectivity index (χ0v) is 12.3. The molecule has 0 unspecified atom stereocenters. The first-order valence-corrected chi connectivity index (χ1v) is 6.72. The third-order valence-electron chi connectivity index (χ3n) is 2.57. The highest BCUT2D eigenvalue weighted by Crippen LogP contribution is 2.37. The average molecular weight is 318 g/mol. The van der Waals surface area contributed by atoms with Crippen LogP contribution in [-0.2, 0) is 0 Å². The van der Waals surface area contributed by atoms with Crippen molar-refractivity contribution in [2.45, 2.75) is 13.0 Å². The molecule has 1 N–H and O–H groups in total. The Bertz CT molecular complexity index is 597. The smallest absolute Gasteiger partial charge is 0.147 e. The van der Waals surface area contributed by atoms with Crippen LogP contribution in [0.2, 0.25) is 15.1 Å². The van der Waals surface area contributed by atoms with Gasteiger partial charge in [0.25, 0.3) is 0 Å². The van der Waals surface area contributed by atoms with Crippen LogP contribution in [0.5, 0.6) is 11.5 Å². The van der Waals surface area contributed by atoms with E-state index in [0.29, 0.717) is 26.6 Å². The van der Waals surface area contributed by atoms with Gasteiger partial charge in [-0.2, -0.15) is 0 Å². The molecule has 0 saturated heterocycles. The minimum Gasteiger partial charge on any atom is -0.454 e. The molecular weight excluding hydrogens is 307 g/mol. The number of halogens is 3. The molecule has 2 rings (SSSR count). The van der Waals surface area contributed by atoms with Crippen molar-refractivity contribution in [3.63, 3.8) is 0 Å². The predicted molar refractivity (Wildman–Crippen MR) is 78.6 cm³/mol. The van der Waals surface area contributed by atoms with Gasteiger partial charge in [-0.3, -0.25) is 0 Å². The van der Waals surface area contributed by atoms with Gasteiger partial charge in [-0.05, 0) is 36.8 Å². The van der Waals surface area contributed by atoms with Crippen molar-refractivity contribution in [2.75, 3.05) is 0 Å². The van der Waals surface area contributed by atoms with E-state index >= 15 is 0 Å². The molecule has 0 aliphatic rings. The quantitative estimate of drug-likeness (QED) is 0.810. The lowest BCUT2D eigenvalue weighted by Gasteiger charge is -2.12. The van der Waals surface area contributed by atoms with Gasteiger partial charge in [0.1, 0.15) is 16.5 Å². The summed E-state index contributed by atoms with van der Waals surface area (Å²) in [6.07, 6.45) is -0.582. The van der Waals surface area contributed by atoms with Gasteiger partial charge in [0.2, 0.25) is 0 Å². The van der Waals surface area contributed by atoms with Crippen LogP contribution in [-0.4, -0.2) is 5.11 Å². The molecule has 5 heteroatoms. The molecule has 0 heterocycles. The highest BCUT2D eigenvalue weighted by Gasteiger charge is 2.10. The van der Waals surface area contributed by atoms with Crippen LogP contribution in [0.4, 0.5) is 0 Å². The Labute approximate surface area is 126 Å². The number of hydrogen-bond donors (Lipinski definition) is 1. The van der Waals surface area contributed by atoms with E-state index < -0.39 is 6.10 Å². The minimum absolute atomic E-state index is 0.333. The first kappa shape index (κ1) is 14.5. The van der Waals surface area contributed by atoms with Crippen molar-refractivity contribution in [1.29, 1.82) is 0 Å². The number of benzene rings is 2. The second-order valence-electron chi connectivity index (χ2n) is 4.02. The van der Waals surface area contributed by atoms with Crippen molar-refractivity contribution >= 4 is 34.8 Å². The van der Waals surface area contributed by atoms with Crippen LogP contribution < -0.4 is 4.74 Å². The third kappa shape index (κ3) is 3.34. The molecule has 0 saturated carbocycles. The van der Waals surface area contributed by atoms with Gasteiger partial charge in [0, 0.05) is 0 Å². The number of aliphatic hydroxyl groups excluding tert-OH is 1. The molecule has 1 atom stereocenters. The summed E-state index contributed by atoms with van der Waals surface area (Å²) in [5.41, 5.74) is 0.717.